The van der Waals surface area contributed by atoms with E-state index in [9.17, 15) is 19.2 Å². The fourth-order valence-electron chi connectivity index (χ4n) is 2.83. The van der Waals surface area contributed by atoms with Gasteiger partial charge in [-0.2, -0.15) is 0 Å². The predicted octanol–water partition coefficient (Wildman–Crippen LogP) is -0.0773. The van der Waals surface area contributed by atoms with E-state index >= 15 is 0 Å². The second kappa shape index (κ2) is 10.2. The number of aromatic nitrogens is 1. The van der Waals surface area contributed by atoms with Gasteiger partial charge in [-0.25, -0.2) is 9.78 Å². The number of rotatable bonds is 10. The third kappa shape index (κ3) is 6.86. The molecule has 0 bridgehead atoms. The normalized spacial score (nSPS) is 13.6. The standard InChI is InChI=1S/C18H24N4O6/c23-14(20-10-15(24)22-13(18(27)28)9-16(25)26)5-1-4-12-7-6-11-3-2-8-19-17(11)21-12/h6-7,13H,1-5,8-10H2,(H,19,21)(H,20,23)(H,22,24)(H,25,26)(H,27,28). The molecule has 1 aliphatic rings. The molecule has 10 nitrogen and oxygen atoms in total. The highest BCUT2D eigenvalue weighted by Crippen LogP contribution is 2.20. The van der Waals surface area contributed by atoms with E-state index in [0.717, 1.165) is 30.9 Å². The summed E-state index contributed by atoms with van der Waals surface area (Å²) in [5, 5.41) is 25.2. The summed E-state index contributed by atoms with van der Waals surface area (Å²) in [4.78, 5) is 49.5. The van der Waals surface area contributed by atoms with E-state index in [1.165, 1.54) is 5.56 Å². The molecule has 1 aliphatic heterocycles. The van der Waals surface area contributed by atoms with E-state index in [0.29, 0.717) is 12.8 Å². The van der Waals surface area contributed by atoms with Crippen LogP contribution in [0.1, 0.15) is 36.9 Å². The smallest absolute Gasteiger partial charge is 0.326 e. The number of carboxylic acid groups (broad SMARTS) is 2. The predicted molar refractivity (Wildman–Crippen MR) is 98.8 cm³/mol. The van der Waals surface area contributed by atoms with E-state index in [2.05, 4.69) is 20.9 Å². The van der Waals surface area contributed by atoms with Gasteiger partial charge in [0, 0.05) is 18.7 Å². The maximum absolute atomic E-state index is 11.8. The zero-order valence-electron chi connectivity index (χ0n) is 15.4. The lowest BCUT2D eigenvalue weighted by Crippen LogP contribution is -2.46. The fraction of sp³-hybridized carbons (Fsp3) is 0.500. The van der Waals surface area contributed by atoms with Gasteiger partial charge in [-0.05, 0) is 37.3 Å². The molecule has 2 rings (SSSR count). The molecule has 1 atom stereocenters. The van der Waals surface area contributed by atoms with Gasteiger partial charge in [-0.15, -0.1) is 0 Å². The minimum absolute atomic E-state index is 0.191. The lowest BCUT2D eigenvalue weighted by Gasteiger charge is -2.17. The van der Waals surface area contributed by atoms with Crippen LogP contribution in [0, 0.1) is 0 Å². The number of hydrogen-bond acceptors (Lipinski definition) is 6. The Morgan fingerprint density at radius 3 is 2.68 bits per heavy atom. The summed E-state index contributed by atoms with van der Waals surface area (Å²) >= 11 is 0. The maximum atomic E-state index is 11.8. The van der Waals surface area contributed by atoms with Crippen LogP contribution < -0.4 is 16.0 Å². The Hall–Kier alpha value is -3.17. The lowest BCUT2D eigenvalue weighted by molar-refractivity contribution is -0.147. The first-order valence-corrected chi connectivity index (χ1v) is 9.08. The van der Waals surface area contributed by atoms with Crippen molar-refractivity contribution in [2.24, 2.45) is 0 Å². The van der Waals surface area contributed by atoms with Crippen molar-refractivity contribution >= 4 is 29.6 Å². The van der Waals surface area contributed by atoms with Crippen LogP contribution in [0.15, 0.2) is 12.1 Å². The number of aliphatic carboxylic acids is 2. The molecular weight excluding hydrogens is 368 g/mol. The molecule has 5 N–H and O–H groups in total. The van der Waals surface area contributed by atoms with Crippen molar-refractivity contribution in [2.75, 3.05) is 18.4 Å². The Bertz CT molecular complexity index is 752. The van der Waals surface area contributed by atoms with E-state index in [-0.39, 0.29) is 12.3 Å². The van der Waals surface area contributed by atoms with Gasteiger partial charge in [0.05, 0.1) is 13.0 Å². The fourth-order valence-corrected chi connectivity index (χ4v) is 2.83. The number of fused-ring (bicyclic) bond motifs is 1. The SMILES string of the molecule is O=C(O)CC(NC(=O)CNC(=O)CCCc1ccc2c(n1)NCCC2)C(=O)O. The van der Waals surface area contributed by atoms with Crippen molar-refractivity contribution in [3.63, 3.8) is 0 Å². The third-order valence-corrected chi connectivity index (χ3v) is 4.25. The van der Waals surface area contributed by atoms with Crippen LogP contribution in [0.2, 0.25) is 0 Å². The number of amides is 2. The molecule has 0 saturated heterocycles. The van der Waals surface area contributed by atoms with Gasteiger partial charge >= 0.3 is 11.9 Å². The third-order valence-electron chi connectivity index (χ3n) is 4.25. The molecule has 1 unspecified atom stereocenters. The minimum atomic E-state index is -1.54. The Morgan fingerprint density at radius 2 is 1.96 bits per heavy atom. The van der Waals surface area contributed by atoms with Gasteiger partial charge in [-0.1, -0.05) is 6.07 Å². The van der Waals surface area contributed by atoms with Crippen molar-refractivity contribution < 1.29 is 29.4 Å². The van der Waals surface area contributed by atoms with Crippen LogP contribution in [0.25, 0.3) is 0 Å². The van der Waals surface area contributed by atoms with Gasteiger partial charge in [0.1, 0.15) is 11.9 Å². The van der Waals surface area contributed by atoms with Gasteiger partial charge in [-0.3, -0.25) is 14.4 Å². The summed E-state index contributed by atoms with van der Waals surface area (Å²) in [6.45, 7) is 0.492. The number of nitrogens with one attached hydrogen (secondary N) is 3. The minimum Gasteiger partial charge on any atom is -0.481 e. The number of carboxylic acids is 2. The van der Waals surface area contributed by atoms with Crippen LogP contribution in [0.4, 0.5) is 5.82 Å². The molecular formula is C18H24N4O6. The summed E-state index contributed by atoms with van der Waals surface area (Å²) in [5.41, 5.74) is 2.08. The van der Waals surface area contributed by atoms with Gasteiger partial charge in [0.2, 0.25) is 11.8 Å². The second-order valence-electron chi connectivity index (χ2n) is 6.53. The summed E-state index contributed by atoms with van der Waals surface area (Å²) in [6, 6.07) is 2.46. The molecule has 0 aliphatic carbocycles. The largest absolute Gasteiger partial charge is 0.481 e. The van der Waals surface area contributed by atoms with Crippen LogP contribution >= 0.6 is 0 Å². The van der Waals surface area contributed by atoms with Crippen LogP contribution in [0.3, 0.4) is 0 Å². The van der Waals surface area contributed by atoms with Crippen LogP contribution in [-0.4, -0.2) is 58.1 Å². The van der Waals surface area contributed by atoms with Crippen molar-refractivity contribution in [1.29, 1.82) is 0 Å². The molecule has 0 saturated carbocycles. The highest BCUT2D eigenvalue weighted by Gasteiger charge is 2.23. The van der Waals surface area contributed by atoms with E-state index in [1.807, 2.05) is 12.1 Å². The van der Waals surface area contributed by atoms with Crippen molar-refractivity contribution in [1.82, 2.24) is 15.6 Å². The van der Waals surface area contributed by atoms with E-state index in [4.69, 9.17) is 10.2 Å². The molecule has 152 valence electrons. The molecule has 2 heterocycles. The lowest BCUT2D eigenvalue weighted by atomic mass is 10.1. The number of pyridine rings is 1. The van der Waals surface area contributed by atoms with E-state index < -0.39 is 36.9 Å². The molecule has 0 aromatic carbocycles. The van der Waals surface area contributed by atoms with Crippen LogP contribution in [-0.2, 0) is 32.0 Å². The molecule has 0 spiro atoms. The summed E-state index contributed by atoms with van der Waals surface area (Å²) < 4.78 is 0. The zero-order chi connectivity index (χ0) is 20.5. The molecule has 1 aromatic heterocycles. The molecule has 10 heteroatoms. The van der Waals surface area contributed by atoms with Gasteiger partial charge in [0.25, 0.3) is 0 Å². The highest BCUT2D eigenvalue weighted by molar-refractivity contribution is 5.89. The monoisotopic (exact) mass is 392 g/mol. The van der Waals surface area contributed by atoms with Crippen molar-refractivity contribution in [3.8, 4) is 0 Å². The number of carbonyl (C=O) groups excluding carboxylic acids is 2. The Kier molecular flexibility index (Phi) is 7.73. The first kappa shape index (κ1) is 21.1. The molecule has 2 amide bonds. The first-order chi connectivity index (χ1) is 13.3. The van der Waals surface area contributed by atoms with Crippen LogP contribution in [0.5, 0.6) is 0 Å². The average Bonchev–Trinajstić information content (AvgIpc) is 2.65. The Labute approximate surface area is 161 Å². The van der Waals surface area contributed by atoms with Crippen molar-refractivity contribution in [2.45, 2.75) is 44.6 Å². The van der Waals surface area contributed by atoms with Gasteiger partial charge < -0.3 is 26.2 Å². The number of nitrogens with zero attached hydrogens (tertiary/aromatic N) is 1. The molecule has 28 heavy (non-hydrogen) atoms. The second-order valence-corrected chi connectivity index (χ2v) is 6.53. The molecule has 0 fully saturated rings. The first-order valence-electron chi connectivity index (χ1n) is 9.08. The van der Waals surface area contributed by atoms with Gasteiger partial charge in [0.15, 0.2) is 0 Å². The molecule has 0 radical (unpaired) electrons. The number of anilines is 1. The topological polar surface area (TPSA) is 158 Å². The number of carbonyl (C=O) groups is 4. The Morgan fingerprint density at radius 1 is 1.18 bits per heavy atom. The molecule has 1 aromatic rings. The van der Waals surface area contributed by atoms with E-state index in [1.54, 1.807) is 0 Å². The quantitative estimate of drug-likeness (QED) is 0.370. The zero-order valence-corrected chi connectivity index (χ0v) is 15.4. The highest BCUT2D eigenvalue weighted by atomic mass is 16.4. The van der Waals surface area contributed by atoms with Crippen molar-refractivity contribution in [3.05, 3.63) is 23.4 Å². The average molecular weight is 392 g/mol. The summed E-state index contributed by atoms with van der Waals surface area (Å²) in [5.74, 6) is -3.00. The summed E-state index contributed by atoms with van der Waals surface area (Å²) in [6.07, 6.45) is 2.72. The number of hydrogen-bond donors (Lipinski definition) is 5. The number of aryl methyl sites for hydroxylation is 2. The maximum Gasteiger partial charge on any atom is 0.326 e. The summed E-state index contributed by atoms with van der Waals surface area (Å²) in [7, 11) is 0. The Balaban J connectivity index is 1.69.